The van der Waals surface area contributed by atoms with Crippen LogP contribution in [0, 0.1) is 20.2 Å². The molecule has 0 aromatic heterocycles. The zero-order valence-corrected chi connectivity index (χ0v) is 18.2. The molecule has 0 aliphatic rings. The summed E-state index contributed by atoms with van der Waals surface area (Å²) in [7, 11) is 0. The summed E-state index contributed by atoms with van der Waals surface area (Å²) in [5, 5.41) is 32.4. The number of aliphatic hydroxyl groups is 1. The molecule has 10 nitrogen and oxygen atoms in total. The highest BCUT2D eigenvalue weighted by atomic mass is 16.6. The van der Waals surface area contributed by atoms with E-state index in [9.17, 15) is 30.1 Å². The topological polar surface area (TPSA) is 130 Å². The van der Waals surface area contributed by atoms with Crippen LogP contribution in [-0.2, 0) is 0 Å². The van der Waals surface area contributed by atoms with Gasteiger partial charge < -0.3 is 14.9 Å². The van der Waals surface area contributed by atoms with Crippen LogP contribution in [0.5, 0.6) is 0 Å². The first kappa shape index (κ1) is 24.9. The van der Waals surface area contributed by atoms with Crippen molar-refractivity contribution >= 4 is 17.3 Å². The van der Waals surface area contributed by atoms with Crippen LogP contribution < -0.4 is 0 Å². The lowest BCUT2D eigenvalue weighted by atomic mass is 10.1. The van der Waals surface area contributed by atoms with E-state index in [0.29, 0.717) is 18.5 Å². The summed E-state index contributed by atoms with van der Waals surface area (Å²) in [6.07, 6.45) is -0.348. The first-order chi connectivity index (χ1) is 15.3. The molecule has 1 N–H and O–H groups in total. The minimum Gasteiger partial charge on any atom is -0.387 e. The summed E-state index contributed by atoms with van der Waals surface area (Å²) in [5.74, 6) is -0.347. The highest BCUT2D eigenvalue weighted by Crippen LogP contribution is 2.20. The van der Waals surface area contributed by atoms with Crippen molar-refractivity contribution in [3.63, 3.8) is 0 Å². The van der Waals surface area contributed by atoms with Crippen molar-refractivity contribution in [1.29, 1.82) is 0 Å². The zero-order chi connectivity index (χ0) is 23.7. The van der Waals surface area contributed by atoms with E-state index in [2.05, 4.69) is 18.7 Å². The number of hydrogen-bond donors (Lipinski definition) is 1. The van der Waals surface area contributed by atoms with Crippen LogP contribution in [0.3, 0.4) is 0 Å². The number of carbonyl (C=O) groups is 1. The molecule has 2 rings (SSSR count). The number of amides is 1. The van der Waals surface area contributed by atoms with Crippen molar-refractivity contribution in [2.45, 2.75) is 26.4 Å². The molecule has 1 amide bonds. The summed E-state index contributed by atoms with van der Waals surface area (Å²) < 4.78 is 0. The van der Waals surface area contributed by atoms with E-state index in [1.165, 1.54) is 53.4 Å². The van der Waals surface area contributed by atoms with Crippen molar-refractivity contribution in [3.8, 4) is 0 Å². The zero-order valence-electron chi connectivity index (χ0n) is 18.2. The molecule has 2 aromatic rings. The largest absolute Gasteiger partial charge is 0.387 e. The van der Waals surface area contributed by atoms with Gasteiger partial charge in [0.05, 0.1) is 22.5 Å². The van der Waals surface area contributed by atoms with Gasteiger partial charge in [0.2, 0.25) is 0 Å². The molecule has 0 saturated carbocycles. The van der Waals surface area contributed by atoms with Crippen molar-refractivity contribution in [3.05, 3.63) is 79.9 Å². The van der Waals surface area contributed by atoms with E-state index in [4.69, 9.17) is 0 Å². The standard InChI is InChI=1S/C22H28N4O6/c1-3-23(4-2)14-5-15-24(22(28)18-8-12-20(13-9-18)26(31)32)16-21(27)17-6-10-19(11-7-17)25(29)30/h6-13,21,27H,3-5,14-16H2,1-2H3. The average molecular weight is 444 g/mol. The van der Waals surface area contributed by atoms with Gasteiger partial charge >= 0.3 is 0 Å². The number of aliphatic hydroxyl groups excluding tert-OH is 1. The molecule has 1 atom stereocenters. The predicted octanol–water partition coefficient (Wildman–Crippen LogP) is 3.41. The van der Waals surface area contributed by atoms with Crippen LogP contribution in [0.2, 0.25) is 0 Å². The molecule has 0 aliphatic carbocycles. The van der Waals surface area contributed by atoms with Crippen LogP contribution in [-0.4, -0.2) is 63.4 Å². The number of rotatable bonds is 12. The lowest BCUT2D eigenvalue weighted by molar-refractivity contribution is -0.385. The summed E-state index contributed by atoms with van der Waals surface area (Å²) in [5.41, 5.74) is 0.551. The Bertz CT molecular complexity index is 913. The first-order valence-electron chi connectivity index (χ1n) is 10.4. The summed E-state index contributed by atoms with van der Waals surface area (Å²) >= 11 is 0. The van der Waals surface area contributed by atoms with E-state index in [0.717, 1.165) is 19.6 Å². The van der Waals surface area contributed by atoms with Gasteiger partial charge in [0.25, 0.3) is 17.3 Å². The highest BCUT2D eigenvalue weighted by molar-refractivity contribution is 5.94. The number of nitrogens with zero attached hydrogens (tertiary/aromatic N) is 4. The van der Waals surface area contributed by atoms with Gasteiger partial charge in [0.15, 0.2) is 0 Å². The second kappa shape index (κ2) is 11.9. The maximum atomic E-state index is 13.1. The van der Waals surface area contributed by atoms with E-state index < -0.39 is 16.0 Å². The second-order valence-electron chi connectivity index (χ2n) is 7.30. The number of benzene rings is 2. The number of nitro groups is 2. The van der Waals surface area contributed by atoms with Gasteiger partial charge in [0, 0.05) is 36.4 Å². The lowest BCUT2D eigenvalue weighted by Crippen LogP contribution is -2.37. The Labute approximate surface area is 186 Å². The fourth-order valence-corrected chi connectivity index (χ4v) is 3.34. The third kappa shape index (κ3) is 6.82. The van der Waals surface area contributed by atoms with Crippen LogP contribution in [0.4, 0.5) is 11.4 Å². The lowest BCUT2D eigenvalue weighted by Gasteiger charge is -2.27. The number of nitro benzene ring substituents is 2. The van der Waals surface area contributed by atoms with Crippen LogP contribution in [0.25, 0.3) is 0 Å². The Balaban J connectivity index is 2.17. The molecule has 0 aliphatic heterocycles. The van der Waals surface area contributed by atoms with Gasteiger partial charge in [-0.2, -0.15) is 0 Å². The fourth-order valence-electron chi connectivity index (χ4n) is 3.34. The first-order valence-corrected chi connectivity index (χ1v) is 10.4. The minimum absolute atomic E-state index is 0.00805. The molecule has 0 heterocycles. The van der Waals surface area contributed by atoms with E-state index >= 15 is 0 Å². The summed E-state index contributed by atoms with van der Waals surface area (Å²) in [4.78, 5) is 37.5. The molecule has 2 aromatic carbocycles. The molecule has 0 bridgehead atoms. The Kier molecular flexibility index (Phi) is 9.23. The highest BCUT2D eigenvalue weighted by Gasteiger charge is 2.21. The van der Waals surface area contributed by atoms with Gasteiger partial charge in [-0.25, -0.2) is 0 Å². The summed E-state index contributed by atoms with van der Waals surface area (Å²) in [6, 6.07) is 10.9. The van der Waals surface area contributed by atoms with Gasteiger partial charge in [-0.1, -0.05) is 13.8 Å². The minimum atomic E-state index is -1.04. The molecule has 0 fully saturated rings. The normalized spacial score (nSPS) is 11.9. The van der Waals surface area contributed by atoms with E-state index in [1.54, 1.807) is 0 Å². The van der Waals surface area contributed by atoms with Crippen LogP contribution in [0.1, 0.15) is 42.3 Å². The summed E-state index contributed by atoms with van der Waals surface area (Å²) in [6.45, 7) is 7.05. The van der Waals surface area contributed by atoms with E-state index in [-0.39, 0.29) is 29.4 Å². The molecular formula is C22H28N4O6. The van der Waals surface area contributed by atoms with Crippen molar-refractivity contribution in [2.24, 2.45) is 0 Å². The Hall–Kier alpha value is -3.37. The van der Waals surface area contributed by atoms with Crippen LogP contribution >= 0.6 is 0 Å². The number of non-ortho nitro benzene ring substituents is 2. The molecule has 0 saturated heterocycles. The van der Waals surface area contributed by atoms with Gasteiger partial charge in [-0.05, 0) is 55.9 Å². The molecular weight excluding hydrogens is 416 g/mol. The Morgan fingerprint density at radius 2 is 1.41 bits per heavy atom. The molecule has 10 heteroatoms. The SMILES string of the molecule is CCN(CC)CCCN(CC(O)c1ccc([N+](=O)[O-])cc1)C(=O)c1ccc([N+](=O)[O-])cc1. The third-order valence-electron chi connectivity index (χ3n) is 5.29. The second-order valence-corrected chi connectivity index (χ2v) is 7.30. The monoisotopic (exact) mass is 444 g/mol. The molecule has 1 unspecified atom stereocenters. The van der Waals surface area contributed by atoms with Crippen LogP contribution in [0.15, 0.2) is 48.5 Å². The smallest absolute Gasteiger partial charge is 0.269 e. The Morgan fingerprint density at radius 3 is 1.88 bits per heavy atom. The average Bonchev–Trinajstić information content (AvgIpc) is 2.80. The fraction of sp³-hybridized carbons (Fsp3) is 0.409. The molecule has 172 valence electrons. The van der Waals surface area contributed by atoms with Gasteiger partial charge in [0.1, 0.15) is 0 Å². The van der Waals surface area contributed by atoms with E-state index in [1.807, 2.05) is 0 Å². The van der Waals surface area contributed by atoms with Crippen molar-refractivity contribution < 1.29 is 19.7 Å². The molecule has 0 spiro atoms. The maximum absolute atomic E-state index is 13.1. The third-order valence-corrected chi connectivity index (χ3v) is 5.29. The Morgan fingerprint density at radius 1 is 0.906 bits per heavy atom. The predicted molar refractivity (Wildman–Crippen MR) is 119 cm³/mol. The maximum Gasteiger partial charge on any atom is 0.269 e. The van der Waals surface area contributed by atoms with Crippen molar-refractivity contribution in [2.75, 3.05) is 32.7 Å². The number of hydrogen-bond acceptors (Lipinski definition) is 7. The van der Waals surface area contributed by atoms with Gasteiger partial charge in [-0.15, -0.1) is 0 Å². The molecule has 32 heavy (non-hydrogen) atoms. The van der Waals surface area contributed by atoms with Crippen molar-refractivity contribution in [1.82, 2.24) is 9.80 Å². The molecule has 0 radical (unpaired) electrons. The quantitative estimate of drug-likeness (QED) is 0.392. The van der Waals surface area contributed by atoms with Gasteiger partial charge in [-0.3, -0.25) is 25.0 Å². The number of carbonyl (C=O) groups excluding carboxylic acids is 1.